The van der Waals surface area contributed by atoms with Crippen LogP contribution in [0.15, 0.2) is 10.5 Å². The first-order valence-corrected chi connectivity index (χ1v) is 10.2. The minimum Gasteiger partial charge on any atom is -0.458 e. The zero-order valence-electron chi connectivity index (χ0n) is 15.5. The summed E-state index contributed by atoms with van der Waals surface area (Å²) in [5, 5.41) is 10.6. The molecule has 1 aromatic rings. The SMILES string of the molecule is C[C@]12Cc3cc(C=O)oc3C[C@@H]1CC[C@@H]1[C@@H]2CC[C@]2(C)[C@@H](O)CC[C@@H]12. The Labute approximate surface area is 150 Å². The number of hydrogen-bond donors (Lipinski definition) is 1. The summed E-state index contributed by atoms with van der Waals surface area (Å²) in [7, 11) is 0. The zero-order chi connectivity index (χ0) is 17.4. The minimum absolute atomic E-state index is 0.0917. The van der Waals surface area contributed by atoms with Crippen LogP contribution >= 0.6 is 0 Å². The normalized spacial score (nSPS) is 48.2. The molecule has 25 heavy (non-hydrogen) atoms. The maximum atomic E-state index is 11.1. The fraction of sp³-hybridized carbons (Fsp3) is 0.773. The summed E-state index contributed by atoms with van der Waals surface area (Å²) in [5.74, 6) is 4.49. The van der Waals surface area contributed by atoms with Crippen LogP contribution in [0.4, 0.5) is 0 Å². The Bertz CT molecular complexity index is 706. The summed E-state index contributed by atoms with van der Waals surface area (Å²) in [5.41, 5.74) is 1.76. The smallest absolute Gasteiger partial charge is 0.185 e. The van der Waals surface area contributed by atoms with E-state index in [-0.39, 0.29) is 11.5 Å². The van der Waals surface area contributed by atoms with Gasteiger partial charge in [-0.25, -0.2) is 0 Å². The first kappa shape index (κ1) is 16.1. The molecule has 1 aromatic heterocycles. The highest BCUT2D eigenvalue weighted by Crippen LogP contribution is 2.65. The second-order valence-electron chi connectivity index (χ2n) is 9.89. The van der Waals surface area contributed by atoms with Crippen LogP contribution in [0, 0.1) is 34.5 Å². The minimum atomic E-state index is -0.0917. The summed E-state index contributed by atoms with van der Waals surface area (Å²) in [4.78, 5) is 11.1. The monoisotopic (exact) mass is 342 g/mol. The molecule has 7 atom stereocenters. The number of aldehydes is 1. The van der Waals surface area contributed by atoms with Gasteiger partial charge in [-0.05, 0) is 91.1 Å². The molecule has 3 nitrogen and oxygen atoms in total. The average molecular weight is 342 g/mol. The third kappa shape index (κ3) is 2.05. The molecule has 0 aliphatic heterocycles. The molecule has 136 valence electrons. The van der Waals surface area contributed by atoms with Gasteiger partial charge in [-0.1, -0.05) is 13.8 Å². The lowest BCUT2D eigenvalue weighted by Gasteiger charge is -2.59. The summed E-state index contributed by atoms with van der Waals surface area (Å²) in [6.07, 6.45) is 10.1. The molecule has 1 N–H and O–H groups in total. The number of aliphatic hydroxyl groups excluding tert-OH is 1. The molecule has 0 bridgehead atoms. The van der Waals surface area contributed by atoms with E-state index in [1.165, 1.54) is 37.7 Å². The maximum Gasteiger partial charge on any atom is 0.185 e. The van der Waals surface area contributed by atoms with E-state index in [1.807, 2.05) is 6.07 Å². The fourth-order valence-corrected chi connectivity index (χ4v) is 7.62. The number of fused-ring (bicyclic) bond motifs is 6. The van der Waals surface area contributed by atoms with Gasteiger partial charge in [-0.15, -0.1) is 0 Å². The second kappa shape index (κ2) is 5.22. The van der Waals surface area contributed by atoms with Crippen molar-refractivity contribution in [1.82, 2.24) is 0 Å². The molecule has 3 saturated carbocycles. The lowest BCUT2D eigenvalue weighted by Crippen LogP contribution is -2.54. The van der Waals surface area contributed by atoms with Crippen molar-refractivity contribution < 1.29 is 14.3 Å². The van der Waals surface area contributed by atoms with Gasteiger partial charge in [-0.2, -0.15) is 0 Å². The van der Waals surface area contributed by atoms with Gasteiger partial charge in [0.25, 0.3) is 0 Å². The summed E-state index contributed by atoms with van der Waals surface area (Å²) in [6.45, 7) is 4.87. The van der Waals surface area contributed by atoms with Crippen molar-refractivity contribution in [1.29, 1.82) is 0 Å². The standard InChI is InChI=1S/C22H30O3/c1-21-8-7-18-16(17(21)5-6-20(21)24)4-3-14-10-19-13(11-22(14,18)2)9-15(12-23)25-19/h9,12,14,16-18,20,24H,3-8,10-11H2,1-2H3/t14-,16-,17-,18-,20-,21-,22-/m0/s1. The Hall–Kier alpha value is -1.09. The maximum absolute atomic E-state index is 11.1. The van der Waals surface area contributed by atoms with Crippen molar-refractivity contribution in [3.8, 4) is 0 Å². The highest BCUT2D eigenvalue weighted by molar-refractivity contribution is 5.71. The summed E-state index contributed by atoms with van der Waals surface area (Å²) in [6, 6.07) is 1.99. The van der Waals surface area contributed by atoms with E-state index in [2.05, 4.69) is 13.8 Å². The first-order chi connectivity index (χ1) is 12.0. The number of carbonyl (C=O) groups excluding carboxylic acids is 1. The van der Waals surface area contributed by atoms with Crippen LogP contribution in [0.2, 0.25) is 0 Å². The predicted octanol–water partition coefficient (Wildman–Crippen LogP) is 4.41. The molecule has 0 aromatic carbocycles. The third-order valence-corrected chi connectivity index (χ3v) is 9.05. The molecule has 0 spiro atoms. The molecule has 5 rings (SSSR count). The predicted molar refractivity (Wildman–Crippen MR) is 95.4 cm³/mol. The molecule has 4 aliphatic rings. The highest BCUT2D eigenvalue weighted by atomic mass is 16.3. The highest BCUT2D eigenvalue weighted by Gasteiger charge is 2.60. The Kier molecular flexibility index (Phi) is 3.36. The van der Waals surface area contributed by atoms with Gasteiger partial charge < -0.3 is 9.52 Å². The zero-order valence-corrected chi connectivity index (χ0v) is 15.5. The van der Waals surface area contributed by atoms with Crippen molar-refractivity contribution >= 4 is 6.29 Å². The molecule has 0 unspecified atom stereocenters. The number of hydrogen-bond acceptors (Lipinski definition) is 3. The Morgan fingerprint density at radius 3 is 2.72 bits per heavy atom. The largest absolute Gasteiger partial charge is 0.458 e. The van der Waals surface area contributed by atoms with Gasteiger partial charge in [0, 0.05) is 6.42 Å². The van der Waals surface area contributed by atoms with E-state index in [1.54, 1.807) is 0 Å². The van der Waals surface area contributed by atoms with Gasteiger partial charge in [0.05, 0.1) is 6.10 Å². The molecule has 1 heterocycles. The summed E-state index contributed by atoms with van der Waals surface area (Å²) < 4.78 is 5.78. The molecule has 0 amide bonds. The van der Waals surface area contributed by atoms with Gasteiger partial charge in [0.15, 0.2) is 12.0 Å². The van der Waals surface area contributed by atoms with E-state index in [9.17, 15) is 9.90 Å². The molecule has 3 heteroatoms. The van der Waals surface area contributed by atoms with Crippen LogP contribution in [0.1, 0.15) is 74.3 Å². The summed E-state index contributed by atoms with van der Waals surface area (Å²) >= 11 is 0. The van der Waals surface area contributed by atoms with E-state index < -0.39 is 0 Å². The van der Waals surface area contributed by atoms with Crippen molar-refractivity contribution in [2.45, 2.75) is 71.3 Å². The second-order valence-corrected chi connectivity index (χ2v) is 9.89. The van der Waals surface area contributed by atoms with Crippen molar-refractivity contribution in [3.05, 3.63) is 23.2 Å². The number of furan rings is 1. The van der Waals surface area contributed by atoms with E-state index in [0.717, 1.165) is 43.1 Å². The van der Waals surface area contributed by atoms with Crippen LogP contribution in [0.5, 0.6) is 0 Å². The molecule has 0 saturated heterocycles. The van der Waals surface area contributed by atoms with Gasteiger partial charge >= 0.3 is 0 Å². The first-order valence-electron chi connectivity index (χ1n) is 10.2. The lowest BCUT2D eigenvalue weighted by molar-refractivity contribution is -0.112. The number of rotatable bonds is 1. The van der Waals surface area contributed by atoms with Crippen LogP contribution in [-0.4, -0.2) is 17.5 Å². The molecule has 3 fully saturated rings. The Morgan fingerprint density at radius 1 is 1.12 bits per heavy atom. The molecule has 4 aliphatic carbocycles. The van der Waals surface area contributed by atoms with Gasteiger partial charge in [-0.3, -0.25) is 4.79 Å². The Morgan fingerprint density at radius 2 is 1.92 bits per heavy atom. The molecular formula is C22H30O3. The van der Waals surface area contributed by atoms with Crippen molar-refractivity contribution in [2.24, 2.45) is 34.5 Å². The quantitative estimate of drug-likeness (QED) is 0.769. The molecule has 0 radical (unpaired) electrons. The topological polar surface area (TPSA) is 50.4 Å². The van der Waals surface area contributed by atoms with Crippen molar-refractivity contribution in [2.75, 3.05) is 0 Å². The van der Waals surface area contributed by atoms with Gasteiger partial charge in [0.1, 0.15) is 5.76 Å². The van der Waals surface area contributed by atoms with Crippen LogP contribution in [-0.2, 0) is 12.8 Å². The van der Waals surface area contributed by atoms with Crippen LogP contribution < -0.4 is 0 Å². The molecular weight excluding hydrogens is 312 g/mol. The number of aliphatic hydroxyl groups is 1. The van der Waals surface area contributed by atoms with Crippen molar-refractivity contribution in [3.63, 3.8) is 0 Å². The lowest BCUT2D eigenvalue weighted by atomic mass is 9.45. The fourth-order valence-electron chi connectivity index (χ4n) is 7.62. The van der Waals surface area contributed by atoms with E-state index in [0.29, 0.717) is 23.0 Å². The van der Waals surface area contributed by atoms with E-state index in [4.69, 9.17) is 4.42 Å². The van der Waals surface area contributed by atoms with Crippen LogP contribution in [0.25, 0.3) is 0 Å². The van der Waals surface area contributed by atoms with E-state index >= 15 is 0 Å². The van der Waals surface area contributed by atoms with Gasteiger partial charge in [0.2, 0.25) is 0 Å². The number of carbonyl (C=O) groups is 1. The third-order valence-electron chi connectivity index (χ3n) is 9.05. The average Bonchev–Trinajstić information content (AvgIpc) is 3.12. The van der Waals surface area contributed by atoms with Crippen LogP contribution in [0.3, 0.4) is 0 Å². The Balaban J connectivity index is 1.49.